The van der Waals surface area contributed by atoms with Crippen LogP contribution in [0.4, 0.5) is 5.69 Å². The van der Waals surface area contributed by atoms with E-state index in [-0.39, 0.29) is 12.5 Å². The summed E-state index contributed by atoms with van der Waals surface area (Å²) in [7, 11) is 1.58. The number of nitrogens with two attached hydrogens (primary N) is 1. The molecule has 1 aromatic rings. The zero-order valence-corrected chi connectivity index (χ0v) is 9.94. The van der Waals surface area contributed by atoms with Gasteiger partial charge in [0.15, 0.2) is 0 Å². The minimum atomic E-state index is -0.163. The van der Waals surface area contributed by atoms with Crippen molar-refractivity contribution >= 4 is 11.6 Å². The molecule has 1 amide bonds. The number of nitrogens with one attached hydrogen (secondary N) is 1. The number of hydrogen-bond acceptors (Lipinski definition) is 4. The second kappa shape index (κ2) is 7.65. The van der Waals surface area contributed by atoms with E-state index in [1.54, 1.807) is 13.2 Å². The predicted molar refractivity (Wildman–Crippen MR) is 65.4 cm³/mol. The van der Waals surface area contributed by atoms with Crippen LogP contribution < -0.4 is 11.1 Å². The lowest BCUT2D eigenvalue weighted by Gasteiger charge is -2.08. The van der Waals surface area contributed by atoms with Crippen molar-refractivity contribution in [3.05, 3.63) is 29.8 Å². The minimum Gasteiger partial charge on any atom is -0.398 e. The number of ether oxygens (including phenoxy) is 2. The van der Waals surface area contributed by atoms with E-state index in [2.05, 4.69) is 5.32 Å². The molecular formula is C12H18N2O3. The topological polar surface area (TPSA) is 73.6 Å². The first-order valence-electron chi connectivity index (χ1n) is 5.41. The SMILES string of the molecule is COCCOCC(=O)NCc1ccccc1N. The Morgan fingerprint density at radius 1 is 1.35 bits per heavy atom. The van der Waals surface area contributed by atoms with Crippen LogP contribution in [-0.4, -0.2) is 32.8 Å². The molecule has 0 saturated heterocycles. The zero-order chi connectivity index (χ0) is 12.5. The maximum atomic E-state index is 11.4. The number of carbonyl (C=O) groups excluding carboxylic acids is 1. The van der Waals surface area contributed by atoms with E-state index in [0.29, 0.717) is 25.4 Å². The number of nitrogen functional groups attached to an aromatic ring is 1. The molecule has 5 nitrogen and oxygen atoms in total. The largest absolute Gasteiger partial charge is 0.398 e. The molecule has 0 aliphatic heterocycles. The fourth-order valence-electron chi connectivity index (χ4n) is 1.25. The van der Waals surface area contributed by atoms with Crippen molar-refractivity contribution in [1.29, 1.82) is 0 Å². The molecule has 0 fully saturated rings. The van der Waals surface area contributed by atoms with E-state index >= 15 is 0 Å². The van der Waals surface area contributed by atoms with Crippen LogP contribution in [0.3, 0.4) is 0 Å². The molecule has 0 radical (unpaired) electrons. The van der Waals surface area contributed by atoms with Crippen molar-refractivity contribution in [1.82, 2.24) is 5.32 Å². The molecule has 0 spiro atoms. The summed E-state index contributed by atoms with van der Waals surface area (Å²) < 4.78 is 9.88. The van der Waals surface area contributed by atoms with Crippen molar-refractivity contribution in [2.24, 2.45) is 0 Å². The molecule has 3 N–H and O–H groups in total. The highest BCUT2D eigenvalue weighted by Gasteiger charge is 2.02. The van der Waals surface area contributed by atoms with Crippen molar-refractivity contribution in [2.75, 3.05) is 32.7 Å². The Bertz CT molecular complexity index is 355. The summed E-state index contributed by atoms with van der Waals surface area (Å²) in [5, 5.41) is 2.73. The Labute approximate surface area is 101 Å². The molecule has 0 atom stereocenters. The summed E-state index contributed by atoms with van der Waals surface area (Å²) in [4.78, 5) is 11.4. The van der Waals surface area contributed by atoms with Gasteiger partial charge in [-0.3, -0.25) is 4.79 Å². The first-order chi connectivity index (χ1) is 8.24. The van der Waals surface area contributed by atoms with E-state index < -0.39 is 0 Å². The van der Waals surface area contributed by atoms with E-state index in [4.69, 9.17) is 15.2 Å². The first-order valence-corrected chi connectivity index (χ1v) is 5.41. The molecule has 0 aliphatic carbocycles. The Hall–Kier alpha value is -1.59. The highest BCUT2D eigenvalue weighted by atomic mass is 16.5. The van der Waals surface area contributed by atoms with Gasteiger partial charge in [0.1, 0.15) is 6.61 Å². The summed E-state index contributed by atoms with van der Waals surface area (Å²) >= 11 is 0. The normalized spacial score (nSPS) is 10.2. The summed E-state index contributed by atoms with van der Waals surface area (Å²) in [6.45, 7) is 1.35. The number of carbonyl (C=O) groups is 1. The van der Waals surface area contributed by atoms with E-state index in [1.165, 1.54) is 0 Å². The quantitative estimate of drug-likeness (QED) is 0.537. The number of rotatable bonds is 7. The average Bonchev–Trinajstić information content (AvgIpc) is 2.34. The molecule has 0 bridgehead atoms. The van der Waals surface area contributed by atoms with Gasteiger partial charge in [0.05, 0.1) is 13.2 Å². The van der Waals surface area contributed by atoms with Crippen LogP contribution >= 0.6 is 0 Å². The average molecular weight is 238 g/mol. The highest BCUT2D eigenvalue weighted by molar-refractivity contribution is 5.77. The summed E-state index contributed by atoms with van der Waals surface area (Å²) in [6.07, 6.45) is 0. The zero-order valence-electron chi connectivity index (χ0n) is 9.94. The lowest BCUT2D eigenvalue weighted by molar-refractivity contribution is -0.126. The Kier molecular flexibility index (Phi) is 6.06. The van der Waals surface area contributed by atoms with Crippen LogP contribution in [0.2, 0.25) is 0 Å². The van der Waals surface area contributed by atoms with Gasteiger partial charge in [-0.05, 0) is 11.6 Å². The monoisotopic (exact) mass is 238 g/mol. The number of methoxy groups -OCH3 is 1. The maximum absolute atomic E-state index is 11.4. The molecule has 0 aliphatic rings. The van der Waals surface area contributed by atoms with Crippen LogP contribution in [-0.2, 0) is 20.8 Å². The summed E-state index contributed by atoms with van der Waals surface area (Å²) in [5.41, 5.74) is 7.32. The van der Waals surface area contributed by atoms with E-state index in [9.17, 15) is 4.79 Å². The van der Waals surface area contributed by atoms with Gasteiger partial charge in [0, 0.05) is 19.3 Å². The Balaban J connectivity index is 2.22. The maximum Gasteiger partial charge on any atom is 0.246 e. The van der Waals surface area contributed by atoms with Crippen LogP contribution in [0.15, 0.2) is 24.3 Å². The van der Waals surface area contributed by atoms with Crippen molar-refractivity contribution in [3.8, 4) is 0 Å². The van der Waals surface area contributed by atoms with Gasteiger partial charge in [-0.25, -0.2) is 0 Å². The fourth-order valence-corrected chi connectivity index (χ4v) is 1.25. The van der Waals surface area contributed by atoms with Crippen LogP contribution in [0.5, 0.6) is 0 Å². The highest BCUT2D eigenvalue weighted by Crippen LogP contribution is 2.09. The summed E-state index contributed by atoms with van der Waals surface area (Å²) in [5.74, 6) is -0.163. The van der Waals surface area contributed by atoms with Gasteiger partial charge in [0.25, 0.3) is 0 Å². The van der Waals surface area contributed by atoms with Gasteiger partial charge < -0.3 is 20.5 Å². The van der Waals surface area contributed by atoms with Crippen LogP contribution in [0.1, 0.15) is 5.56 Å². The van der Waals surface area contributed by atoms with Gasteiger partial charge in [-0.15, -0.1) is 0 Å². The fraction of sp³-hybridized carbons (Fsp3) is 0.417. The van der Waals surface area contributed by atoms with Crippen LogP contribution in [0.25, 0.3) is 0 Å². The third kappa shape index (κ3) is 5.33. The number of benzene rings is 1. The number of amides is 1. The predicted octanol–water partition coefficient (Wildman–Crippen LogP) is 0.548. The standard InChI is InChI=1S/C12H18N2O3/c1-16-6-7-17-9-12(15)14-8-10-4-2-3-5-11(10)13/h2-5H,6-9,13H2,1H3,(H,14,15). The third-order valence-electron chi connectivity index (χ3n) is 2.20. The molecule has 5 heteroatoms. The number of hydrogen-bond donors (Lipinski definition) is 2. The molecule has 0 unspecified atom stereocenters. The Morgan fingerprint density at radius 3 is 2.82 bits per heavy atom. The summed E-state index contributed by atoms with van der Waals surface area (Å²) in [6, 6.07) is 7.42. The van der Waals surface area contributed by atoms with Crippen molar-refractivity contribution in [3.63, 3.8) is 0 Å². The minimum absolute atomic E-state index is 0.0378. The van der Waals surface area contributed by atoms with E-state index in [1.807, 2.05) is 18.2 Å². The van der Waals surface area contributed by atoms with Gasteiger partial charge >= 0.3 is 0 Å². The molecule has 0 heterocycles. The smallest absolute Gasteiger partial charge is 0.246 e. The molecule has 0 aromatic heterocycles. The van der Waals surface area contributed by atoms with Crippen LogP contribution in [0, 0.1) is 0 Å². The molecule has 17 heavy (non-hydrogen) atoms. The van der Waals surface area contributed by atoms with Gasteiger partial charge in [-0.1, -0.05) is 18.2 Å². The lowest BCUT2D eigenvalue weighted by Crippen LogP contribution is -2.28. The van der Waals surface area contributed by atoms with Crippen molar-refractivity contribution in [2.45, 2.75) is 6.54 Å². The molecule has 1 aromatic carbocycles. The molecular weight excluding hydrogens is 220 g/mol. The van der Waals surface area contributed by atoms with Gasteiger partial charge in [0.2, 0.25) is 5.91 Å². The first kappa shape index (κ1) is 13.5. The van der Waals surface area contributed by atoms with Crippen molar-refractivity contribution < 1.29 is 14.3 Å². The third-order valence-corrected chi connectivity index (χ3v) is 2.20. The molecule has 0 saturated carbocycles. The molecule has 1 rings (SSSR count). The second-order valence-corrected chi connectivity index (χ2v) is 3.52. The molecule has 94 valence electrons. The lowest BCUT2D eigenvalue weighted by atomic mass is 10.2. The van der Waals surface area contributed by atoms with E-state index in [0.717, 1.165) is 5.56 Å². The van der Waals surface area contributed by atoms with Gasteiger partial charge in [-0.2, -0.15) is 0 Å². The number of para-hydroxylation sites is 1. The Morgan fingerprint density at radius 2 is 2.12 bits per heavy atom. The number of anilines is 1. The second-order valence-electron chi connectivity index (χ2n) is 3.52.